The molecule has 35 heavy (non-hydrogen) atoms. The molecule has 0 amide bonds. The van der Waals surface area contributed by atoms with Crippen molar-refractivity contribution in [3.05, 3.63) is 42.5 Å². The summed E-state index contributed by atoms with van der Waals surface area (Å²) in [7, 11) is 0. The van der Waals surface area contributed by atoms with Gasteiger partial charge in [0.25, 0.3) is 0 Å². The number of rotatable bonds is 12. The molecule has 0 unspecified atom stereocenters. The number of hydrogen-bond acceptors (Lipinski definition) is 9. The lowest BCUT2D eigenvalue weighted by molar-refractivity contribution is 0.0547. The fraction of sp³-hybridized carbons (Fsp3) is 0.423. The maximum Gasteiger partial charge on any atom is 0.228 e. The molecule has 0 atom stereocenters. The highest BCUT2D eigenvalue weighted by Crippen LogP contribution is 2.35. The topological polar surface area (TPSA) is 120 Å². The van der Waals surface area contributed by atoms with Crippen LogP contribution in [0, 0.1) is 0 Å². The van der Waals surface area contributed by atoms with Gasteiger partial charge in [0.15, 0.2) is 5.82 Å². The van der Waals surface area contributed by atoms with Crippen LogP contribution >= 0.6 is 0 Å². The average molecular weight is 477 g/mol. The second-order valence-corrected chi connectivity index (χ2v) is 8.65. The van der Waals surface area contributed by atoms with Crippen LogP contribution in [0.1, 0.15) is 25.7 Å². The number of hydrogen-bond donors (Lipinski definition) is 3. The molecule has 0 bridgehead atoms. The van der Waals surface area contributed by atoms with Crippen LogP contribution < -0.4 is 16.4 Å². The van der Waals surface area contributed by atoms with Crippen LogP contribution in [0.3, 0.4) is 0 Å². The van der Waals surface area contributed by atoms with Crippen LogP contribution in [0.2, 0.25) is 0 Å². The second kappa shape index (κ2) is 11.4. The quantitative estimate of drug-likeness (QED) is 0.258. The van der Waals surface area contributed by atoms with Gasteiger partial charge in [0.05, 0.1) is 32.0 Å². The summed E-state index contributed by atoms with van der Waals surface area (Å²) < 4.78 is 17.2. The van der Waals surface area contributed by atoms with E-state index in [1.807, 2.05) is 30.3 Å². The highest BCUT2D eigenvalue weighted by molar-refractivity contribution is 6.09. The van der Waals surface area contributed by atoms with Crippen molar-refractivity contribution in [3.63, 3.8) is 0 Å². The summed E-state index contributed by atoms with van der Waals surface area (Å²) in [4.78, 5) is 14.1. The molecule has 1 fully saturated rings. The van der Waals surface area contributed by atoms with Crippen molar-refractivity contribution in [1.29, 1.82) is 0 Å². The molecule has 9 heteroatoms. The summed E-state index contributed by atoms with van der Waals surface area (Å²) in [6, 6.07) is 14.5. The third kappa shape index (κ3) is 5.70. The SMILES string of the molecule is NCCOCCOCCNc1nc(NC2CCCC2)nc(-c2cccc3c2oc2ccccc23)n1. The van der Waals surface area contributed by atoms with Gasteiger partial charge in [-0.1, -0.05) is 43.2 Å². The van der Waals surface area contributed by atoms with E-state index >= 15 is 0 Å². The summed E-state index contributed by atoms with van der Waals surface area (Å²) in [6.45, 7) is 3.19. The van der Waals surface area contributed by atoms with Crippen molar-refractivity contribution in [2.24, 2.45) is 5.73 Å². The Kier molecular flexibility index (Phi) is 7.67. The molecule has 0 saturated heterocycles. The lowest BCUT2D eigenvalue weighted by Crippen LogP contribution is -2.19. The monoisotopic (exact) mass is 476 g/mol. The zero-order valence-corrected chi connectivity index (χ0v) is 19.8. The number of benzene rings is 2. The Labute approximate surface area is 204 Å². The van der Waals surface area contributed by atoms with Gasteiger partial charge in [-0.3, -0.25) is 0 Å². The normalized spacial score (nSPS) is 14.2. The van der Waals surface area contributed by atoms with E-state index in [1.54, 1.807) is 0 Å². The highest BCUT2D eigenvalue weighted by Gasteiger charge is 2.19. The van der Waals surface area contributed by atoms with Gasteiger partial charge in [0, 0.05) is 29.9 Å². The molecular formula is C26H32N6O3. The number of nitrogens with zero attached hydrogens (tertiary/aromatic N) is 3. The Bertz CT molecular complexity index is 1250. The molecule has 0 spiro atoms. The van der Waals surface area contributed by atoms with Crippen LogP contribution in [0.25, 0.3) is 33.3 Å². The third-order valence-electron chi connectivity index (χ3n) is 6.13. The van der Waals surface area contributed by atoms with Crippen molar-refractivity contribution >= 4 is 33.8 Å². The van der Waals surface area contributed by atoms with E-state index in [-0.39, 0.29) is 0 Å². The van der Waals surface area contributed by atoms with Gasteiger partial charge in [0.1, 0.15) is 11.2 Å². The first-order valence-corrected chi connectivity index (χ1v) is 12.3. The average Bonchev–Trinajstić information content (AvgIpc) is 3.53. The molecule has 2 aromatic heterocycles. The predicted molar refractivity (Wildman–Crippen MR) is 138 cm³/mol. The molecule has 9 nitrogen and oxygen atoms in total. The van der Waals surface area contributed by atoms with Crippen molar-refractivity contribution in [1.82, 2.24) is 15.0 Å². The summed E-state index contributed by atoms with van der Waals surface area (Å²) in [5.41, 5.74) is 7.88. The second-order valence-electron chi connectivity index (χ2n) is 8.65. The maximum atomic E-state index is 6.22. The Balaban J connectivity index is 1.37. The Hall–Kier alpha value is -3.27. The smallest absolute Gasteiger partial charge is 0.228 e. The van der Waals surface area contributed by atoms with Gasteiger partial charge in [0.2, 0.25) is 11.9 Å². The number of furan rings is 1. The molecule has 0 radical (unpaired) electrons. The summed E-state index contributed by atoms with van der Waals surface area (Å²) >= 11 is 0. The molecule has 1 saturated carbocycles. The number of para-hydroxylation sites is 2. The van der Waals surface area contributed by atoms with Crippen molar-refractivity contribution in [2.75, 3.05) is 50.2 Å². The van der Waals surface area contributed by atoms with Crippen LogP contribution in [0.5, 0.6) is 0 Å². The van der Waals surface area contributed by atoms with Crippen LogP contribution in [0.4, 0.5) is 11.9 Å². The number of aromatic nitrogens is 3. The summed E-state index contributed by atoms with van der Waals surface area (Å²) in [5.74, 6) is 1.66. The number of fused-ring (bicyclic) bond motifs is 3. The number of nitrogens with one attached hydrogen (secondary N) is 2. The largest absolute Gasteiger partial charge is 0.455 e. The van der Waals surface area contributed by atoms with Crippen LogP contribution in [-0.2, 0) is 9.47 Å². The molecule has 1 aliphatic rings. The third-order valence-corrected chi connectivity index (χ3v) is 6.13. The van der Waals surface area contributed by atoms with E-state index in [1.165, 1.54) is 12.8 Å². The van der Waals surface area contributed by atoms with Gasteiger partial charge >= 0.3 is 0 Å². The van der Waals surface area contributed by atoms with Crippen molar-refractivity contribution < 1.29 is 13.9 Å². The Morgan fingerprint density at radius 2 is 1.63 bits per heavy atom. The maximum absolute atomic E-state index is 6.22. The fourth-order valence-corrected chi connectivity index (χ4v) is 4.46. The van der Waals surface area contributed by atoms with Crippen molar-refractivity contribution in [2.45, 2.75) is 31.7 Å². The minimum absolute atomic E-state index is 0.386. The summed E-state index contributed by atoms with van der Waals surface area (Å²) in [5, 5.41) is 8.91. The van der Waals surface area contributed by atoms with Crippen molar-refractivity contribution in [3.8, 4) is 11.4 Å². The van der Waals surface area contributed by atoms with Gasteiger partial charge in [-0.25, -0.2) is 0 Å². The standard InChI is InChI=1S/C26H32N6O3/c27-12-14-33-16-17-34-15-13-28-25-30-24(31-26(32-25)29-18-6-1-2-7-18)21-10-5-9-20-19-8-3-4-11-22(19)35-23(20)21/h3-5,8-11,18H,1-2,6-7,12-17,27H2,(H2,28,29,30,31,32). The Morgan fingerprint density at radius 3 is 2.49 bits per heavy atom. The molecule has 4 aromatic rings. The molecule has 0 aliphatic heterocycles. The van der Waals surface area contributed by atoms with E-state index in [4.69, 9.17) is 29.6 Å². The lowest BCUT2D eigenvalue weighted by atomic mass is 10.1. The Morgan fingerprint density at radius 1 is 0.857 bits per heavy atom. The fourth-order valence-electron chi connectivity index (χ4n) is 4.46. The highest BCUT2D eigenvalue weighted by atomic mass is 16.5. The first-order chi connectivity index (χ1) is 17.3. The van der Waals surface area contributed by atoms with Crippen LogP contribution in [0.15, 0.2) is 46.9 Å². The lowest BCUT2D eigenvalue weighted by Gasteiger charge is -2.14. The zero-order chi connectivity index (χ0) is 23.9. The minimum atomic E-state index is 0.386. The van der Waals surface area contributed by atoms with E-state index in [0.717, 1.165) is 40.3 Å². The predicted octanol–water partition coefficient (Wildman–Crippen LogP) is 4.20. The molecule has 184 valence electrons. The number of nitrogens with two attached hydrogens (primary N) is 1. The first kappa shape index (κ1) is 23.5. The molecule has 2 aromatic carbocycles. The van der Waals surface area contributed by atoms with Gasteiger partial charge in [-0.15, -0.1) is 0 Å². The number of ether oxygens (including phenoxy) is 2. The molecule has 2 heterocycles. The molecule has 5 rings (SSSR count). The summed E-state index contributed by atoms with van der Waals surface area (Å²) in [6.07, 6.45) is 4.71. The molecule has 1 aliphatic carbocycles. The zero-order valence-electron chi connectivity index (χ0n) is 19.8. The van der Waals surface area contributed by atoms with E-state index in [9.17, 15) is 0 Å². The minimum Gasteiger partial charge on any atom is -0.455 e. The van der Waals surface area contributed by atoms with Crippen LogP contribution in [-0.4, -0.2) is 60.5 Å². The first-order valence-electron chi connectivity index (χ1n) is 12.3. The molecule has 4 N–H and O–H groups in total. The van der Waals surface area contributed by atoms with Gasteiger partial charge < -0.3 is 30.3 Å². The number of anilines is 2. The van der Waals surface area contributed by atoms with E-state index in [0.29, 0.717) is 63.3 Å². The van der Waals surface area contributed by atoms with E-state index in [2.05, 4.69) is 27.8 Å². The van der Waals surface area contributed by atoms with E-state index < -0.39 is 0 Å². The van der Waals surface area contributed by atoms with Gasteiger partial charge in [-0.05, 0) is 25.0 Å². The van der Waals surface area contributed by atoms with Gasteiger partial charge in [-0.2, -0.15) is 15.0 Å². The molecular weight excluding hydrogens is 444 g/mol.